The highest BCUT2D eigenvalue weighted by molar-refractivity contribution is 5.76. The summed E-state index contributed by atoms with van der Waals surface area (Å²) in [6, 6.07) is -0.421. The molecule has 0 aromatic heterocycles. The maximum Gasteiger partial charge on any atom is 0.323 e. The van der Waals surface area contributed by atoms with Crippen LogP contribution >= 0.6 is 0 Å². The number of carbonyl (C=O) groups excluding carboxylic acids is 1. The van der Waals surface area contributed by atoms with Crippen molar-refractivity contribution in [1.29, 1.82) is 5.41 Å². The summed E-state index contributed by atoms with van der Waals surface area (Å²) in [4.78, 5) is 11.9. The smallest absolute Gasteiger partial charge is 0.323 e. The average molecular weight is 259 g/mol. The topological polar surface area (TPSA) is 97.4 Å². The van der Waals surface area contributed by atoms with Crippen LogP contribution in [0.1, 0.15) is 40.0 Å². The van der Waals surface area contributed by atoms with Crippen molar-refractivity contribution in [2.24, 2.45) is 5.73 Å². The maximum absolute atomic E-state index is 11.9. The Balaban J connectivity index is 4.24. The van der Waals surface area contributed by atoms with Gasteiger partial charge in [-0.1, -0.05) is 6.42 Å². The molecule has 0 aliphatic carbocycles. The molecule has 6 nitrogen and oxygen atoms in total. The fraction of sp³-hybridized carbons (Fsp3) is 0.833. The molecule has 1 atom stereocenters. The SMILES string of the molecule is CC(C)(C)OC(=O)[C@H](CCCCN)NCOC=N. The number of hydrogen-bond acceptors (Lipinski definition) is 6. The van der Waals surface area contributed by atoms with E-state index in [1.807, 2.05) is 20.8 Å². The van der Waals surface area contributed by atoms with E-state index in [1.165, 1.54) is 0 Å². The van der Waals surface area contributed by atoms with Crippen LogP contribution in [0.5, 0.6) is 0 Å². The maximum atomic E-state index is 11.9. The third-order valence-corrected chi connectivity index (χ3v) is 2.13. The zero-order valence-electron chi connectivity index (χ0n) is 11.5. The van der Waals surface area contributed by atoms with Crippen molar-refractivity contribution in [3.8, 4) is 0 Å². The first-order valence-corrected chi connectivity index (χ1v) is 6.17. The molecule has 0 radical (unpaired) electrons. The van der Waals surface area contributed by atoms with Crippen molar-refractivity contribution in [1.82, 2.24) is 5.32 Å². The third-order valence-electron chi connectivity index (χ3n) is 2.13. The Morgan fingerprint density at radius 1 is 1.44 bits per heavy atom. The predicted octanol–water partition coefficient (Wildman–Crippen LogP) is 0.996. The highest BCUT2D eigenvalue weighted by Crippen LogP contribution is 2.11. The second kappa shape index (κ2) is 8.88. The molecule has 0 spiro atoms. The Bertz CT molecular complexity index is 251. The molecule has 0 bridgehead atoms. The zero-order chi connectivity index (χ0) is 14.0. The molecule has 106 valence electrons. The zero-order valence-corrected chi connectivity index (χ0v) is 11.5. The van der Waals surface area contributed by atoms with E-state index < -0.39 is 11.6 Å². The third kappa shape index (κ3) is 8.95. The molecule has 0 aromatic rings. The number of hydrogen-bond donors (Lipinski definition) is 3. The summed E-state index contributed by atoms with van der Waals surface area (Å²) in [5, 5.41) is 9.66. The van der Waals surface area contributed by atoms with Gasteiger partial charge in [0.05, 0.1) is 0 Å². The quantitative estimate of drug-likeness (QED) is 0.189. The van der Waals surface area contributed by atoms with E-state index in [4.69, 9.17) is 20.6 Å². The first-order valence-electron chi connectivity index (χ1n) is 6.17. The molecular formula is C12H25N3O3. The van der Waals surface area contributed by atoms with E-state index in [2.05, 4.69) is 5.32 Å². The molecule has 0 aromatic carbocycles. The van der Waals surface area contributed by atoms with Crippen LogP contribution in [0.25, 0.3) is 0 Å². The van der Waals surface area contributed by atoms with Gasteiger partial charge in [-0.25, -0.2) is 0 Å². The van der Waals surface area contributed by atoms with Gasteiger partial charge in [-0.2, -0.15) is 0 Å². The average Bonchev–Trinajstić information content (AvgIpc) is 2.25. The number of nitrogens with two attached hydrogens (primary N) is 1. The molecule has 0 rings (SSSR count). The second-order valence-corrected chi connectivity index (χ2v) is 5.00. The van der Waals surface area contributed by atoms with Crippen molar-refractivity contribution in [3.63, 3.8) is 0 Å². The van der Waals surface area contributed by atoms with E-state index >= 15 is 0 Å². The van der Waals surface area contributed by atoms with Gasteiger partial charge in [-0.3, -0.25) is 15.5 Å². The van der Waals surface area contributed by atoms with Gasteiger partial charge < -0.3 is 15.2 Å². The van der Waals surface area contributed by atoms with Gasteiger partial charge in [0.2, 0.25) is 0 Å². The lowest BCUT2D eigenvalue weighted by Gasteiger charge is -2.24. The van der Waals surface area contributed by atoms with Crippen LogP contribution in [0.2, 0.25) is 0 Å². The molecule has 0 saturated carbocycles. The van der Waals surface area contributed by atoms with E-state index in [0.717, 1.165) is 19.2 Å². The standard InChI is InChI=1S/C12H25N3O3/c1-12(2,3)18-11(16)10(6-4-5-7-13)15-9-17-8-14/h8,10,14-15H,4-7,9,13H2,1-3H3/t10-/m0/s1. The number of carbonyl (C=O) groups is 1. The van der Waals surface area contributed by atoms with Gasteiger partial charge >= 0.3 is 5.97 Å². The lowest BCUT2D eigenvalue weighted by atomic mass is 10.1. The summed E-state index contributed by atoms with van der Waals surface area (Å²) in [6.07, 6.45) is 3.19. The predicted molar refractivity (Wildman–Crippen MR) is 70.4 cm³/mol. The number of ether oxygens (including phenoxy) is 2. The summed E-state index contributed by atoms with van der Waals surface area (Å²) >= 11 is 0. The van der Waals surface area contributed by atoms with Gasteiger partial charge in [-0.15, -0.1) is 0 Å². The molecule has 0 aliphatic rings. The van der Waals surface area contributed by atoms with Crippen LogP contribution in [0.3, 0.4) is 0 Å². The Labute approximate surface area is 109 Å². The molecule has 0 heterocycles. The van der Waals surface area contributed by atoms with Crippen LogP contribution in [0.15, 0.2) is 0 Å². The fourth-order valence-electron chi connectivity index (χ4n) is 1.36. The molecule has 0 unspecified atom stereocenters. The second-order valence-electron chi connectivity index (χ2n) is 5.00. The molecule has 0 fully saturated rings. The summed E-state index contributed by atoms with van der Waals surface area (Å²) in [7, 11) is 0. The number of nitrogens with one attached hydrogen (secondary N) is 2. The highest BCUT2D eigenvalue weighted by Gasteiger charge is 2.24. The monoisotopic (exact) mass is 259 g/mol. The lowest BCUT2D eigenvalue weighted by molar-refractivity contribution is -0.158. The summed E-state index contributed by atoms with van der Waals surface area (Å²) < 4.78 is 10.1. The molecular weight excluding hydrogens is 234 g/mol. The molecule has 4 N–H and O–H groups in total. The fourth-order valence-corrected chi connectivity index (χ4v) is 1.36. The summed E-state index contributed by atoms with van der Waals surface area (Å²) in [5.74, 6) is -0.298. The van der Waals surface area contributed by atoms with Crippen LogP contribution in [0.4, 0.5) is 0 Å². The Morgan fingerprint density at radius 3 is 2.61 bits per heavy atom. The van der Waals surface area contributed by atoms with Crippen LogP contribution in [-0.4, -0.2) is 37.3 Å². The first kappa shape index (κ1) is 16.9. The largest absolute Gasteiger partial charge is 0.468 e. The summed E-state index contributed by atoms with van der Waals surface area (Å²) in [5.41, 5.74) is 4.92. The van der Waals surface area contributed by atoms with Crippen molar-refractivity contribution in [3.05, 3.63) is 0 Å². The Hall–Kier alpha value is -1.14. The molecule has 0 amide bonds. The minimum absolute atomic E-state index is 0.121. The van der Waals surface area contributed by atoms with E-state index in [9.17, 15) is 4.79 Å². The number of rotatable bonds is 9. The van der Waals surface area contributed by atoms with E-state index in [-0.39, 0.29) is 12.7 Å². The van der Waals surface area contributed by atoms with Gasteiger partial charge in [0.15, 0.2) is 6.40 Å². The molecule has 0 saturated heterocycles. The minimum atomic E-state index is -0.507. The molecule has 18 heavy (non-hydrogen) atoms. The van der Waals surface area contributed by atoms with Gasteiger partial charge in [-0.05, 0) is 40.2 Å². The van der Waals surface area contributed by atoms with E-state index in [1.54, 1.807) is 0 Å². The number of esters is 1. The van der Waals surface area contributed by atoms with Gasteiger partial charge in [0.1, 0.15) is 18.4 Å². The normalized spacial score (nSPS) is 12.9. The Kier molecular flexibility index (Phi) is 8.32. The van der Waals surface area contributed by atoms with Gasteiger partial charge in [0.25, 0.3) is 0 Å². The van der Waals surface area contributed by atoms with Crippen LogP contribution in [0, 0.1) is 5.41 Å². The summed E-state index contributed by atoms with van der Waals surface area (Å²) in [6.45, 7) is 6.22. The number of unbranched alkanes of at least 4 members (excludes halogenated alkanes) is 1. The first-order chi connectivity index (χ1) is 8.40. The molecule has 6 heteroatoms. The van der Waals surface area contributed by atoms with Crippen LogP contribution in [-0.2, 0) is 14.3 Å². The van der Waals surface area contributed by atoms with E-state index in [0.29, 0.717) is 13.0 Å². The van der Waals surface area contributed by atoms with Crippen LogP contribution < -0.4 is 11.1 Å². The Morgan fingerprint density at radius 2 is 2.11 bits per heavy atom. The minimum Gasteiger partial charge on any atom is -0.468 e. The van der Waals surface area contributed by atoms with Crippen molar-refractivity contribution >= 4 is 12.4 Å². The van der Waals surface area contributed by atoms with Gasteiger partial charge in [0, 0.05) is 0 Å². The van der Waals surface area contributed by atoms with Crippen molar-refractivity contribution in [2.45, 2.75) is 51.7 Å². The van der Waals surface area contributed by atoms with Crippen molar-refractivity contribution < 1.29 is 14.3 Å². The van der Waals surface area contributed by atoms with Crippen molar-refractivity contribution in [2.75, 3.05) is 13.3 Å². The molecule has 0 aliphatic heterocycles. The lowest BCUT2D eigenvalue weighted by Crippen LogP contribution is -2.42. The highest BCUT2D eigenvalue weighted by atomic mass is 16.6.